The Morgan fingerprint density at radius 3 is 2.07 bits per heavy atom. The lowest BCUT2D eigenvalue weighted by atomic mass is 9.84. The molecule has 6 rings (SSSR count). The number of hydrogen-bond acceptors (Lipinski definition) is 9. The highest BCUT2D eigenvalue weighted by atomic mass is 32.2. The lowest BCUT2D eigenvalue weighted by molar-refractivity contribution is 0.155. The highest BCUT2D eigenvalue weighted by Crippen LogP contribution is 2.34. The molecule has 0 spiro atoms. The Morgan fingerprint density at radius 1 is 0.841 bits per heavy atom. The molecule has 1 aliphatic rings. The van der Waals surface area contributed by atoms with Crippen LogP contribution in [-0.4, -0.2) is 69.4 Å². The van der Waals surface area contributed by atoms with E-state index in [-0.39, 0.29) is 21.6 Å². The first-order chi connectivity index (χ1) is 21.1. The minimum Gasteiger partial charge on any atom is -0.379 e. The quantitative estimate of drug-likeness (QED) is 0.234. The maximum absolute atomic E-state index is 14.2. The zero-order chi connectivity index (χ0) is 31.0. The first-order valence-corrected chi connectivity index (χ1v) is 17.1. The number of pyridine rings is 2. The maximum atomic E-state index is 14.2. The van der Waals surface area contributed by atoms with Gasteiger partial charge in [0.1, 0.15) is 10.6 Å². The summed E-state index contributed by atoms with van der Waals surface area (Å²) in [5.41, 5.74) is -0.0718. The Balaban J connectivity index is 1.30. The molecule has 2 N–H and O–H groups in total. The average Bonchev–Trinajstić information content (AvgIpc) is 3.05. The molecule has 44 heavy (non-hydrogen) atoms. The molecule has 1 saturated heterocycles. The number of likely N-dealkylation sites (N-methyl/N-ethyl adjacent to an activating group) is 1. The minimum absolute atomic E-state index is 0.0565. The van der Waals surface area contributed by atoms with Crippen LogP contribution in [0.2, 0.25) is 0 Å². The smallest absolute Gasteiger partial charge is 0.339 e. The molecule has 12 heteroatoms. The molecule has 0 amide bonds. The fourth-order valence-electron chi connectivity index (χ4n) is 5.85. The number of nitrogens with one attached hydrogen (secondary N) is 2. The van der Waals surface area contributed by atoms with E-state index in [1.54, 1.807) is 92.5 Å². The predicted molar refractivity (Wildman–Crippen MR) is 169 cm³/mol. The second kappa shape index (κ2) is 11.9. The van der Waals surface area contributed by atoms with E-state index in [0.29, 0.717) is 35.7 Å². The van der Waals surface area contributed by atoms with Gasteiger partial charge in [-0.15, -0.1) is 0 Å². The zero-order valence-corrected chi connectivity index (χ0v) is 26.0. The molecule has 2 unspecified atom stereocenters. The normalized spacial score (nSPS) is 17.5. The van der Waals surface area contributed by atoms with Crippen molar-refractivity contribution in [3.05, 3.63) is 103 Å². The van der Waals surface area contributed by atoms with Gasteiger partial charge in [0.2, 0.25) is 10.0 Å². The Morgan fingerprint density at radius 2 is 1.45 bits per heavy atom. The summed E-state index contributed by atoms with van der Waals surface area (Å²) < 4.78 is 61.9. The van der Waals surface area contributed by atoms with Crippen LogP contribution in [0.15, 0.2) is 107 Å². The van der Waals surface area contributed by atoms with E-state index < -0.39 is 25.7 Å². The number of benzene rings is 3. The van der Waals surface area contributed by atoms with Crippen molar-refractivity contribution in [2.24, 2.45) is 0 Å². The van der Waals surface area contributed by atoms with Crippen LogP contribution in [0.25, 0.3) is 21.5 Å². The molecule has 3 aromatic carbocycles. The van der Waals surface area contributed by atoms with E-state index in [1.807, 2.05) is 13.0 Å². The summed E-state index contributed by atoms with van der Waals surface area (Å²) in [5.74, 6) is 0.157. The molecule has 0 saturated carbocycles. The molecule has 10 nitrogen and oxygen atoms in total. The minimum atomic E-state index is -4.12. The predicted octanol–water partition coefficient (Wildman–Crippen LogP) is 3.73. The molecule has 3 heterocycles. The molecular formula is C32H33N5O5S2. The molecule has 0 aliphatic carbocycles. The van der Waals surface area contributed by atoms with Gasteiger partial charge < -0.3 is 14.8 Å². The Labute approximate surface area is 257 Å². The van der Waals surface area contributed by atoms with Gasteiger partial charge in [-0.05, 0) is 55.3 Å². The van der Waals surface area contributed by atoms with Gasteiger partial charge >= 0.3 is 10.1 Å². The second-order valence-electron chi connectivity index (χ2n) is 11.1. The van der Waals surface area contributed by atoms with Crippen LogP contribution in [0.3, 0.4) is 0 Å². The van der Waals surface area contributed by atoms with Gasteiger partial charge in [0.15, 0.2) is 0 Å². The summed E-state index contributed by atoms with van der Waals surface area (Å²) in [5, 5.41) is 9.46. The summed E-state index contributed by atoms with van der Waals surface area (Å²) >= 11 is 0. The number of piperazine rings is 1. The van der Waals surface area contributed by atoms with E-state index in [1.165, 1.54) is 10.4 Å². The van der Waals surface area contributed by atoms with Crippen molar-refractivity contribution >= 4 is 41.7 Å². The van der Waals surface area contributed by atoms with Crippen LogP contribution in [0, 0.1) is 0 Å². The highest BCUT2D eigenvalue weighted by molar-refractivity contribution is 7.89. The standard InChI is InChI=1S/C32H33N5O5S2/c1-32(31-22-35-17-18-36-31,37(2)43(38,39)29-7-3-5-24-20-33-15-13-27(24)29)19-23-9-11-26(12-10-23)42-44(40,41)30-8-4-6-25-21-34-16-14-28(25)30/h3-16,20-21,31,35-36H,17-19,22H2,1-2H3. The second-order valence-corrected chi connectivity index (χ2v) is 14.6. The topological polar surface area (TPSA) is 131 Å². The Bertz CT molecular complexity index is 2020. The molecule has 0 bridgehead atoms. The van der Waals surface area contributed by atoms with Crippen LogP contribution in [0.5, 0.6) is 5.75 Å². The van der Waals surface area contributed by atoms with Gasteiger partial charge in [0, 0.05) is 79.1 Å². The van der Waals surface area contributed by atoms with Gasteiger partial charge in [-0.1, -0.05) is 36.4 Å². The molecule has 1 fully saturated rings. The van der Waals surface area contributed by atoms with Gasteiger partial charge in [-0.2, -0.15) is 12.7 Å². The van der Waals surface area contributed by atoms with E-state index in [9.17, 15) is 16.8 Å². The average molecular weight is 632 g/mol. The van der Waals surface area contributed by atoms with Gasteiger partial charge in [0.25, 0.3) is 0 Å². The van der Waals surface area contributed by atoms with Crippen LogP contribution in [0.4, 0.5) is 0 Å². The fourth-order valence-corrected chi connectivity index (χ4v) is 8.75. The maximum Gasteiger partial charge on any atom is 0.339 e. The van der Waals surface area contributed by atoms with Gasteiger partial charge in [0.05, 0.1) is 10.4 Å². The molecular weight excluding hydrogens is 599 g/mol. The number of aromatic nitrogens is 2. The van der Waals surface area contributed by atoms with Crippen molar-refractivity contribution in [3.63, 3.8) is 0 Å². The highest BCUT2D eigenvalue weighted by Gasteiger charge is 2.44. The lowest BCUT2D eigenvalue weighted by Gasteiger charge is -2.46. The molecule has 2 aromatic heterocycles. The third kappa shape index (κ3) is 5.66. The Hall–Kier alpha value is -3.94. The fraction of sp³-hybridized carbons (Fsp3) is 0.250. The van der Waals surface area contributed by atoms with E-state index in [2.05, 4.69) is 20.6 Å². The van der Waals surface area contributed by atoms with Crippen LogP contribution in [0.1, 0.15) is 12.5 Å². The van der Waals surface area contributed by atoms with Crippen molar-refractivity contribution < 1.29 is 21.0 Å². The SMILES string of the molecule is CN(C(C)(Cc1ccc(OS(=O)(=O)c2cccc3cnccc23)cc1)C1CNCCN1)S(=O)(=O)c1cccc2cnccc12. The van der Waals surface area contributed by atoms with Crippen LogP contribution < -0.4 is 14.8 Å². The zero-order valence-electron chi connectivity index (χ0n) is 24.3. The number of fused-ring (bicyclic) bond motifs is 2. The van der Waals surface area contributed by atoms with Crippen molar-refractivity contribution in [1.82, 2.24) is 24.9 Å². The molecule has 0 radical (unpaired) electrons. The van der Waals surface area contributed by atoms with Crippen molar-refractivity contribution in [1.29, 1.82) is 0 Å². The van der Waals surface area contributed by atoms with E-state index in [0.717, 1.165) is 17.5 Å². The first kappa shape index (κ1) is 30.1. The summed E-state index contributed by atoms with van der Waals surface area (Å²) in [6, 6.07) is 20.0. The third-order valence-corrected chi connectivity index (χ3v) is 11.7. The third-order valence-electron chi connectivity index (χ3n) is 8.39. The number of hydrogen-bond donors (Lipinski definition) is 2. The lowest BCUT2D eigenvalue weighted by Crippen LogP contribution is -2.66. The molecule has 2 atom stereocenters. The van der Waals surface area contributed by atoms with Crippen molar-refractivity contribution in [3.8, 4) is 5.75 Å². The van der Waals surface area contributed by atoms with Crippen LogP contribution in [-0.2, 0) is 26.6 Å². The molecule has 228 valence electrons. The van der Waals surface area contributed by atoms with E-state index >= 15 is 0 Å². The number of rotatable bonds is 9. The first-order valence-electron chi connectivity index (χ1n) is 14.2. The van der Waals surface area contributed by atoms with Gasteiger partial charge in [-0.25, -0.2) is 8.42 Å². The van der Waals surface area contributed by atoms with Crippen molar-refractivity contribution in [2.45, 2.75) is 34.7 Å². The monoisotopic (exact) mass is 631 g/mol. The largest absolute Gasteiger partial charge is 0.379 e. The van der Waals surface area contributed by atoms with Crippen LogP contribution >= 0.6 is 0 Å². The van der Waals surface area contributed by atoms with E-state index in [4.69, 9.17) is 4.18 Å². The Kier molecular flexibility index (Phi) is 8.12. The molecule has 1 aliphatic heterocycles. The summed E-state index contributed by atoms with van der Waals surface area (Å²) in [6.45, 7) is 4.00. The molecule has 5 aromatic rings. The number of sulfonamides is 1. The summed E-state index contributed by atoms with van der Waals surface area (Å²) in [6.07, 6.45) is 6.75. The number of nitrogens with zero attached hydrogens (tertiary/aromatic N) is 3. The van der Waals surface area contributed by atoms with Gasteiger partial charge in [-0.3, -0.25) is 9.97 Å². The summed E-state index contributed by atoms with van der Waals surface area (Å²) in [4.78, 5) is 8.48. The summed E-state index contributed by atoms with van der Waals surface area (Å²) in [7, 11) is -6.45. The van der Waals surface area contributed by atoms with Crippen molar-refractivity contribution in [2.75, 3.05) is 26.7 Å².